The van der Waals surface area contributed by atoms with E-state index in [0.29, 0.717) is 0 Å². The number of rotatable bonds is 3. The molecule has 1 aliphatic rings. The summed E-state index contributed by atoms with van der Waals surface area (Å²) in [6.45, 7) is 0.0388. The first kappa shape index (κ1) is 13.9. The van der Waals surface area contributed by atoms with Gasteiger partial charge < -0.3 is 10.0 Å². The van der Waals surface area contributed by atoms with Crippen LogP contribution < -0.4 is 4.90 Å². The molecular formula is C11H10BrFN2O4. The van der Waals surface area contributed by atoms with Crippen LogP contribution in [0.3, 0.4) is 0 Å². The molecule has 1 fully saturated rings. The molecule has 1 saturated heterocycles. The van der Waals surface area contributed by atoms with Crippen molar-refractivity contribution in [2.75, 3.05) is 18.1 Å². The first-order chi connectivity index (χ1) is 8.93. The van der Waals surface area contributed by atoms with E-state index < -0.39 is 16.4 Å². The van der Waals surface area contributed by atoms with Gasteiger partial charge in [-0.2, -0.15) is 0 Å². The molecule has 1 heterocycles. The van der Waals surface area contributed by atoms with Crippen LogP contribution in [0.1, 0.15) is 6.42 Å². The highest BCUT2D eigenvalue weighted by Gasteiger charge is 2.33. The number of aliphatic hydroxyl groups is 1. The Morgan fingerprint density at radius 2 is 2.26 bits per heavy atom. The topological polar surface area (TPSA) is 83.7 Å². The van der Waals surface area contributed by atoms with E-state index in [1.54, 1.807) is 0 Å². The Balaban J connectivity index is 2.41. The molecule has 0 aromatic heterocycles. The number of hydrogen-bond acceptors (Lipinski definition) is 4. The second-order valence-electron chi connectivity index (χ2n) is 4.27. The molecule has 1 unspecified atom stereocenters. The minimum Gasteiger partial charge on any atom is -0.396 e. The molecule has 19 heavy (non-hydrogen) atoms. The Labute approximate surface area is 116 Å². The predicted molar refractivity (Wildman–Crippen MR) is 68.3 cm³/mol. The van der Waals surface area contributed by atoms with Gasteiger partial charge in [-0.1, -0.05) is 0 Å². The summed E-state index contributed by atoms with van der Waals surface area (Å²) in [5.74, 6) is -1.39. The highest BCUT2D eigenvalue weighted by Crippen LogP contribution is 2.36. The molecule has 1 N–H and O–H groups in total. The van der Waals surface area contributed by atoms with E-state index in [4.69, 9.17) is 5.11 Å². The Kier molecular flexibility index (Phi) is 3.81. The van der Waals surface area contributed by atoms with Crippen molar-refractivity contribution in [3.8, 4) is 0 Å². The largest absolute Gasteiger partial charge is 0.396 e. The molecule has 1 aliphatic heterocycles. The summed E-state index contributed by atoms with van der Waals surface area (Å²) in [6, 6.07) is 1.93. The second kappa shape index (κ2) is 5.22. The smallest absolute Gasteiger partial charge is 0.273 e. The van der Waals surface area contributed by atoms with Gasteiger partial charge in [0.1, 0.15) is 0 Å². The standard InChI is InChI=1S/C11H10BrFN2O4/c12-8-2-7(15(18)19)3-9(13)11(8)14-4-6(5-16)1-10(14)17/h2-3,6,16H,1,4-5H2. The van der Waals surface area contributed by atoms with E-state index in [0.717, 1.165) is 12.1 Å². The lowest BCUT2D eigenvalue weighted by Gasteiger charge is -2.18. The lowest BCUT2D eigenvalue weighted by atomic mass is 10.1. The van der Waals surface area contributed by atoms with Crippen molar-refractivity contribution < 1.29 is 19.2 Å². The molecule has 0 saturated carbocycles. The Morgan fingerprint density at radius 3 is 2.74 bits per heavy atom. The van der Waals surface area contributed by atoms with Crippen LogP contribution in [0.4, 0.5) is 15.8 Å². The van der Waals surface area contributed by atoms with E-state index in [9.17, 15) is 19.3 Å². The highest BCUT2D eigenvalue weighted by atomic mass is 79.9. The number of aliphatic hydroxyl groups excluding tert-OH is 1. The van der Waals surface area contributed by atoms with Gasteiger partial charge in [-0.25, -0.2) is 4.39 Å². The highest BCUT2D eigenvalue weighted by molar-refractivity contribution is 9.10. The van der Waals surface area contributed by atoms with Gasteiger partial charge in [-0.3, -0.25) is 14.9 Å². The number of non-ortho nitro benzene ring substituents is 1. The van der Waals surface area contributed by atoms with Gasteiger partial charge in [0.2, 0.25) is 5.91 Å². The molecule has 6 nitrogen and oxygen atoms in total. The number of benzene rings is 1. The third-order valence-electron chi connectivity index (χ3n) is 2.95. The zero-order valence-electron chi connectivity index (χ0n) is 9.68. The van der Waals surface area contributed by atoms with Crippen molar-refractivity contribution in [3.63, 3.8) is 0 Å². The van der Waals surface area contributed by atoms with E-state index in [1.165, 1.54) is 4.90 Å². The van der Waals surface area contributed by atoms with Crippen molar-refractivity contribution in [2.24, 2.45) is 5.92 Å². The predicted octanol–water partition coefficient (Wildman–Crippen LogP) is 1.84. The summed E-state index contributed by atoms with van der Waals surface area (Å²) < 4.78 is 14.1. The number of carbonyl (C=O) groups is 1. The van der Waals surface area contributed by atoms with Crippen LogP contribution in [0.2, 0.25) is 0 Å². The van der Waals surface area contributed by atoms with Crippen molar-refractivity contribution in [1.29, 1.82) is 0 Å². The molecule has 1 amide bonds. The number of carbonyl (C=O) groups excluding carboxylic acids is 1. The fraction of sp³-hybridized carbons (Fsp3) is 0.364. The normalized spacial score (nSPS) is 19.0. The Morgan fingerprint density at radius 1 is 1.58 bits per heavy atom. The Hall–Kier alpha value is -1.54. The van der Waals surface area contributed by atoms with Gasteiger partial charge in [0, 0.05) is 31.6 Å². The molecule has 1 atom stereocenters. The summed E-state index contributed by atoms with van der Waals surface area (Å²) >= 11 is 3.04. The van der Waals surface area contributed by atoms with Crippen molar-refractivity contribution in [1.82, 2.24) is 0 Å². The van der Waals surface area contributed by atoms with Crippen molar-refractivity contribution in [2.45, 2.75) is 6.42 Å². The molecular weight excluding hydrogens is 323 g/mol. The lowest BCUT2D eigenvalue weighted by Crippen LogP contribution is -2.26. The number of halogens is 2. The maximum atomic E-state index is 13.9. The second-order valence-corrected chi connectivity index (χ2v) is 5.13. The number of hydrogen-bond donors (Lipinski definition) is 1. The van der Waals surface area contributed by atoms with Gasteiger partial charge in [-0.15, -0.1) is 0 Å². The molecule has 102 valence electrons. The van der Waals surface area contributed by atoms with Gasteiger partial charge in [-0.05, 0) is 15.9 Å². The van der Waals surface area contributed by atoms with Gasteiger partial charge >= 0.3 is 0 Å². The average Bonchev–Trinajstić information content (AvgIpc) is 2.70. The maximum Gasteiger partial charge on any atom is 0.273 e. The van der Waals surface area contributed by atoms with Gasteiger partial charge in [0.15, 0.2) is 5.82 Å². The minimum atomic E-state index is -0.840. The van der Waals surface area contributed by atoms with Crippen LogP contribution in [0.25, 0.3) is 0 Å². The van der Waals surface area contributed by atoms with Crippen molar-refractivity contribution in [3.05, 3.63) is 32.5 Å². The zero-order chi connectivity index (χ0) is 14.2. The van der Waals surface area contributed by atoms with Gasteiger partial charge in [0.05, 0.1) is 21.1 Å². The molecule has 0 bridgehead atoms. The summed E-state index contributed by atoms with van der Waals surface area (Å²) in [5, 5.41) is 19.6. The number of nitro groups is 1. The molecule has 0 spiro atoms. The fourth-order valence-electron chi connectivity index (χ4n) is 2.04. The first-order valence-electron chi connectivity index (χ1n) is 5.48. The van der Waals surface area contributed by atoms with Crippen LogP contribution in [0.15, 0.2) is 16.6 Å². The van der Waals surface area contributed by atoms with Crippen LogP contribution >= 0.6 is 15.9 Å². The SMILES string of the molecule is O=C1CC(CO)CN1c1c(F)cc([N+](=O)[O-])cc1Br. The van der Waals surface area contributed by atoms with E-state index in [1.807, 2.05) is 0 Å². The monoisotopic (exact) mass is 332 g/mol. The summed E-state index contributed by atoms with van der Waals surface area (Å²) in [4.78, 5) is 22.9. The quantitative estimate of drug-likeness (QED) is 0.676. The molecule has 2 rings (SSSR count). The fourth-order valence-corrected chi connectivity index (χ4v) is 2.67. The summed E-state index contributed by atoms with van der Waals surface area (Å²) in [6.07, 6.45) is 0.138. The molecule has 1 aromatic carbocycles. The molecule has 1 aromatic rings. The third kappa shape index (κ3) is 2.59. The minimum absolute atomic E-state index is 0.0217. The number of amides is 1. The first-order valence-corrected chi connectivity index (χ1v) is 6.28. The molecule has 8 heteroatoms. The van der Waals surface area contributed by atoms with E-state index in [2.05, 4.69) is 15.9 Å². The average molecular weight is 333 g/mol. The molecule has 0 aliphatic carbocycles. The Bertz CT molecular complexity index is 528. The number of nitro benzene ring substituents is 1. The zero-order valence-corrected chi connectivity index (χ0v) is 11.3. The van der Waals surface area contributed by atoms with Crippen LogP contribution in [0, 0.1) is 21.8 Å². The van der Waals surface area contributed by atoms with Crippen LogP contribution in [-0.4, -0.2) is 29.1 Å². The lowest BCUT2D eigenvalue weighted by molar-refractivity contribution is -0.385. The van der Waals surface area contributed by atoms with Gasteiger partial charge in [0.25, 0.3) is 5.69 Å². The summed E-state index contributed by atoms with van der Waals surface area (Å²) in [7, 11) is 0. The third-order valence-corrected chi connectivity index (χ3v) is 3.55. The summed E-state index contributed by atoms with van der Waals surface area (Å²) in [5.41, 5.74) is -0.412. The van der Waals surface area contributed by atoms with Crippen LogP contribution in [0.5, 0.6) is 0 Å². The van der Waals surface area contributed by atoms with Crippen molar-refractivity contribution >= 4 is 33.2 Å². The van der Waals surface area contributed by atoms with Crippen LogP contribution in [-0.2, 0) is 4.79 Å². The number of anilines is 1. The van der Waals surface area contributed by atoms with E-state index in [-0.39, 0.29) is 41.6 Å². The van der Waals surface area contributed by atoms with E-state index >= 15 is 0 Å². The maximum absolute atomic E-state index is 13.9. The number of nitrogens with zero attached hydrogens (tertiary/aromatic N) is 2. The molecule has 0 radical (unpaired) electrons.